The number of rotatable bonds is 5. The Balaban J connectivity index is 1.85. The molecule has 3 aliphatic heterocycles. The second-order valence-corrected chi connectivity index (χ2v) is 7.94. The maximum atomic E-state index is 14.0. The molecule has 1 aromatic carbocycles. The third-order valence-corrected chi connectivity index (χ3v) is 6.41. The van der Waals surface area contributed by atoms with Crippen molar-refractivity contribution in [3.63, 3.8) is 0 Å². The summed E-state index contributed by atoms with van der Waals surface area (Å²) in [6.07, 6.45) is 0.400. The topological polar surface area (TPSA) is 116 Å². The SMILES string of the molecule is CCC(C)N1C(=O)C2C(CCC(=O)O)NC3(C(=O)Nc4ccc(F)cc43)C2C1=O. The van der Waals surface area contributed by atoms with Gasteiger partial charge in [0.05, 0.1) is 11.8 Å². The van der Waals surface area contributed by atoms with Crippen LogP contribution in [0.5, 0.6) is 0 Å². The molecule has 9 heteroatoms. The molecule has 0 radical (unpaired) electrons. The summed E-state index contributed by atoms with van der Waals surface area (Å²) < 4.78 is 14.0. The Bertz CT molecular complexity index is 935. The minimum Gasteiger partial charge on any atom is -0.481 e. The fourth-order valence-electron chi connectivity index (χ4n) is 4.94. The van der Waals surface area contributed by atoms with Crippen LogP contribution in [0.25, 0.3) is 0 Å². The van der Waals surface area contributed by atoms with E-state index in [0.29, 0.717) is 12.1 Å². The number of nitrogens with one attached hydrogen (secondary N) is 2. The number of carboxylic acids is 1. The molecule has 0 bridgehead atoms. The quantitative estimate of drug-likeness (QED) is 0.637. The molecule has 0 aromatic heterocycles. The van der Waals surface area contributed by atoms with E-state index >= 15 is 0 Å². The van der Waals surface area contributed by atoms with Gasteiger partial charge in [0.2, 0.25) is 17.7 Å². The van der Waals surface area contributed by atoms with Crippen LogP contribution in [0.2, 0.25) is 0 Å². The second kappa shape index (κ2) is 6.62. The van der Waals surface area contributed by atoms with Crippen molar-refractivity contribution >= 4 is 29.4 Å². The summed E-state index contributed by atoms with van der Waals surface area (Å²) in [5.74, 6) is -4.96. The standard InChI is InChI=1S/C20H22FN3O5/c1-3-9(2)24-17(27)15-13(6-7-14(25)26)23-20(16(15)18(24)28)11-8-10(21)4-5-12(11)22-19(20)29/h4-5,8-9,13,15-16,23H,3,6-7H2,1-2H3,(H,22,29)(H,25,26). The minimum absolute atomic E-state index is 0.0730. The van der Waals surface area contributed by atoms with Crippen LogP contribution in [0.1, 0.15) is 38.7 Å². The zero-order valence-corrected chi connectivity index (χ0v) is 16.1. The molecule has 4 rings (SSSR count). The first-order chi connectivity index (χ1) is 13.7. The van der Waals surface area contributed by atoms with E-state index in [2.05, 4.69) is 10.6 Å². The number of likely N-dealkylation sites (tertiary alicyclic amines) is 1. The normalized spacial score (nSPS) is 31.2. The number of anilines is 1. The third-order valence-electron chi connectivity index (χ3n) is 6.41. The van der Waals surface area contributed by atoms with Gasteiger partial charge < -0.3 is 10.4 Å². The molecule has 3 N–H and O–H groups in total. The van der Waals surface area contributed by atoms with Crippen molar-refractivity contribution in [2.45, 2.75) is 50.7 Å². The van der Waals surface area contributed by atoms with Gasteiger partial charge in [-0.1, -0.05) is 6.92 Å². The van der Waals surface area contributed by atoms with Gasteiger partial charge in [-0.25, -0.2) is 4.39 Å². The van der Waals surface area contributed by atoms with Crippen molar-refractivity contribution in [2.75, 3.05) is 5.32 Å². The Morgan fingerprint density at radius 3 is 2.69 bits per heavy atom. The number of halogens is 1. The van der Waals surface area contributed by atoms with Crippen LogP contribution in [0.15, 0.2) is 18.2 Å². The van der Waals surface area contributed by atoms with E-state index in [1.807, 2.05) is 6.92 Å². The number of nitrogens with zero attached hydrogens (tertiary/aromatic N) is 1. The van der Waals surface area contributed by atoms with Crippen molar-refractivity contribution in [1.29, 1.82) is 0 Å². The molecule has 3 amide bonds. The number of carbonyl (C=O) groups excluding carboxylic acids is 3. The first-order valence-corrected chi connectivity index (χ1v) is 9.70. The molecule has 154 valence electrons. The lowest BCUT2D eigenvalue weighted by atomic mass is 9.76. The highest BCUT2D eigenvalue weighted by molar-refractivity contribution is 6.15. The number of benzene rings is 1. The lowest BCUT2D eigenvalue weighted by Crippen LogP contribution is -2.54. The van der Waals surface area contributed by atoms with E-state index < -0.39 is 52.9 Å². The Morgan fingerprint density at radius 2 is 2.03 bits per heavy atom. The summed E-state index contributed by atoms with van der Waals surface area (Å²) in [6, 6.07) is 2.78. The molecule has 8 nitrogen and oxygen atoms in total. The van der Waals surface area contributed by atoms with Crippen LogP contribution >= 0.6 is 0 Å². The van der Waals surface area contributed by atoms with Crippen LogP contribution in [-0.4, -0.2) is 45.8 Å². The lowest BCUT2D eigenvalue weighted by molar-refractivity contribution is -0.145. The number of amides is 3. The Hall–Kier alpha value is -2.81. The van der Waals surface area contributed by atoms with E-state index in [4.69, 9.17) is 5.11 Å². The average Bonchev–Trinajstić information content (AvgIpc) is 3.25. The highest BCUT2D eigenvalue weighted by Gasteiger charge is 2.70. The molecule has 0 aliphatic carbocycles. The number of fused-ring (bicyclic) bond motifs is 4. The zero-order valence-electron chi connectivity index (χ0n) is 16.1. The Morgan fingerprint density at radius 1 is 1.31 bits per heavy atom. The molecule has 2 saturated heterocycles. The largest absolute Gasteiger partial charge is 0.481 e. The molecule has 2 fully saturated rings. The van der Waals surface area contributed by atoms with Crippen molar-refractivity contribution < 1.29 is 28.7 Å². The van der Waals surface area contributed by atoms with E-state index in [0.717, 1.165) is 0 Å². The monoisotopic (exact) mass is 403 g/mol. The maximum absolute atomic E-state index is 14.0. The van der Waals surface area contributed by atoms with E-state index in [-0.39, 0.29) is 24.4 Å². The summed E-state index contributed by atoms with van der Waals surface area (Å²) in [4.78, 5) is 51.9. The number of carbonyl (C=O) groups is 4. The van der Waals surface area contributed by atoms with Crippen LogP contribution in [0.3, 0.4) is 0 Å². The summed E-state index contributed by atoms with van der Waals surface area (Å²) >= 11 is 0. The lowest BCUT2D eigenvalue weighted by Gasteiger charge is -2.31. The number of hydrogen-bond donors (Lipinski definition) is 3. The van der Waals surface area contributed by atoms with Gasteiger partial charge in [-0.15, -0.1) is 0 Å². The molecule has 3 heterocycles. The number of hydrogen-bond acceptors (Lipinski definition) is 5. The van der Waals surface area contributed by atoms with Gasteiger partial charge in [-0.05, 0) is 38.0 Å². The molecule has 0 saturated carbocycles. The molecule has 1 spiro atoms. The molecule has 3 aliphatic rings. The Labute approximate surface area is 166 Å². The van der Waals surface area contributed by atoms with Gasteiger partial charge >= 0.3 is 5.97 Å². The van der Waals surface area contributed by atoms with Gasteiger partial charge in [0.25, 0.3) is 0 Å². The highest BCUT2D eigenvalue weighted by atomic mass is 19.1. The van der Waals surface area contributed by atoms with Crippen molar-refractivity contribution in [1.82, 2.24) is 10.2 Å². The van der Waals surface area contributed by atoms with Gasteiger partial charge in [0.1, 0.15) is 11.4 Å². The fourth-order valence-corrected chi connectivity index (χ4v) is 4.94. The van der Waals surface area contributed by atoms with Crippen LogP contribution in [0, 0.1) is 17.7 Å². The predicted molar refractivity (Wildman–Crippen MR) is 99.1 cm³/mol. The van der Waals surface area contributed by atoms with Crippen LogP contribution in [0.4, 0.5) is 10.1 Å². The third kappa shape index (κ3) is 2.60. The van der Waals surface area contributed by atoms with E-state index in [9.17, 15) is 23.6 Å². The first kappa shape index (κ1) is 19.5. The van der Waals surface area contributed by atoms with Crippen molar-refractivity contribution in [3.05, 3.63) is 29.6 Å². The summed E-state index contributed by atoms with van der Waals surface area (Å²) in [7, 11) is 0. The highest BCUT2D eigenvalue weighted by Crippen LogP contribution is 2.53. The molecular weight excluding hydrogens is 381 g/mol. The number of aliphatic carboxylic acids is 1. The van der Waals surface area contributed by atoms with Gasteiger partial charge in [0.15, 0.2) is 0 Å². The van der Waals surface area contributed by atoms with Crippen molar-refractivity contribution in [2.24, 2.45) is 11.8 Å². The smallest absolute Gasteiger partial charge is 0.303 e. The first-order valence-electron chi connectivity index (χ1n) is 9.70. The maximum Gasteiger partial charge on any atom is 0.303 e. The van der Waals surface area contributed by atoms with Crippen molar-refractivity contribution in [3.8, 4) is 0 Å². The van der Waals surface area contributed by atoms with Crippen LogP contribution in [-0.2, 0) is 24.7 Å². The molecule has 5 unspecified atom stereocenters. The molecular formula is C20H22FN3O5. The molecule has 29 heavy (non-hydrogen) atoms. The average molecular weight is 403 g/mol. The Kier molecular flexibility index (Phi) is 4.45. The fraction of sp³-hybridized carbons (Fsp3) is 0.500. The minimum atomic E-state index is -1.60. The van der Waals surface area contributed by atoms with Gasteiger partial charge in [-0.2, -0.15) is 0 Å². The summed E-state index contributed by atoms with van der Waals surface area (Å²) in [5.41, 5.74) is -0.938. The summed E-state index contributed by atoms with van der Waals surface area (Å²) in [6.45, 7) is 3.60. The van der Waals surface area contributed by atoms with E-state index in [1.54, 1.807) is 6.92 Å². The molecule has 1 aromatic rings. The summed E-state index contributed by atoms with van der Waals surface area (Å²) in [5, 5.41) is 14.9. The number of imide groups is 1. The zero-order chi connectivity index (χ0) is 21.1. The van der Waals surface area contributed by atoms with E-state index in [1.165, 1.54) is 23.1 Å². The van der Waals surface area contributed by atoms with Gasteiger partial charge in [-0.3, -0.25) is 29.4 Å². The van der Waals surface area contributed by atoms with Gasteiger partial charge in [0, 0.05) is 29.8 Å². The predicted octanol–water partition coefficient (Wildman–Crippen LogP) is 1.21. The molecule has 5 atom stereocenters. The second-order valence-electron chi connectivity index (χ2n) is 7.94. The van der Waals surface area contributed by atoms with Crippen LogP contribution < -0.4 is 10.6 Å². The number of carboxylic acid groups (broad SMARTS) is 1.